The van der Waals surface area contributed by atoms with E-state index in [1.165, 1.54) is 24.9 Å². The van der Waals surface area contributed by atoms with Gasteiger partial charge < -0.3 is 16.7 Å². The monoisotopic (exact) mass is 176 g/mol. The van der Waals surface area contributed by atoms with E-state index in [2.05, 4.69) is 6.58 Å². The minimum atomic E-state index is -0.744. The molecule has 0 radical (unpaired) electrons. The molecular formula is C7H20N2OSi. The van der Waals surface area contributed by atoms with Gasteiger partial charge in [-0.3, -0.25) is 0 Å². The first-order valence-electron chi connectivity index (χ1n) is 3.66. The molecule has 1 heterocycles. The van der Waals surface area contributed by atoms with Crippen molar-refractivity contribution in [3.63, 3.8) is 0 Å². The summed E-state index contributed by atoms with van der Waals surface area (Å²) in [6, 6.07) is 2.53. The van der Waals surface area contributed by atoms with Crippen LogP contribution >= 0.6 is 0 Å². The van der Waals surface area contributed by atoms with E-state index in [1.54, 1.807) is 0 Å². The molecule has 0 aromatic carbocycles. The van der Waals surface area contributed by atoms with Gasteiger partial charge >= 0.3 is 0 Å². The molecule has 1 aliphatic heterocycles. The van der Waals surface area contributed by atoms with Crippen LogP contribution in [0, 0.1) is 0 Å². The molecule has 1 atom stereocenters. The Balaban J connectivity index is 0. The van der Waals surface area contributed by atoms with Crippen molar-refractivity contribution >= 4 is 9.04 Å². The Hall–Kier alpha value is -0.163. The third-order valence-corrected chi connectivity index (χ3v) is 4.32. The van der Waals surface area contributed by atoms with Gasteiger partial charge in [0.25, 0.3) is 0 Å². The van der Waals surface area contributed by atoms with Crippen molar-refractivity contribution in [2.24, 2.45) is 0 Å². The maximum Gasteiger partial charge on any atom is 0.180 e. The smallest absolute Gasteiger partial charge is 0.180 e. The summed E-state index contributed by atoms with van der Waals surface area (Å²) in [6.45, 7) is 4.73. The fourth-order valence-corrected chi connectivity index (χ4v) is 3.33. The van der Waals surface area contributed by atoms with Crippen molar-refractivity contribution < 1.29 is 4.43 Å². The van der Waals surface area contributed by atoms with Crippen molar-refractivity contribution in [3.05, 3.63) is 12.7 Å². The Bertz CT molecular complexity index is 94.4. The Morgan fingerprint density at radius 1 is 1.36 bits per heavy atom. The Kier molecular flexibility index (Phi) is 9.69. The van der Waals surface area contributed by atoms with Crippen molar-refractivity contribution in [2.45, 2.75) is 24.9 Å². The molecule has 0 bridgehead atoms. The molecule has 6 N–H and O–H groups in total. The predicted octanol–water partition coefficient (Wildman–Crippen LogP) is 2.03. The Morgan fingerprint density at radius 2 is 2.09 bits per heavy atom. The molecule has 4 heteroatoms. The van der Waals surface area contributed by atoms with Gasteiger partial charge in [-0.05, 0) is 18.5 Å². The van der Waals surface area contributed by atoms with Crippen LogP contribution in [0.3, 0.4) is 0 Å². The minimum absolute atomic E-state index is 0. The molecular weight excluding hydrogens is 156 g/mol. The maximum absolute atomic E-state index is 5.59. The van der Waals surface area contributed by atoms with Gasteiger partial charge in [0.1, 0.15) is 0 Å². The molecule has 0 aliphatic carbocycles. The number of allylic oxidation sites excluding steroid dienone is 1. The van der Waals surface area contributed by atoms with Crippen LogP contribution in [-0.4, -0.2) is 15.6 Å². The zero-order valence-electron chi connectivity index (χ0n) is 7.22. The fraction of sp³-hybridized carbons (Fsp3) is 0.714. The van der Waals surface area contributed by atoms with Gasteiger partial charge in [0.05, 0.1) is 0 Å². The van der Waals surface area contributed by atoms with E-state index in [0.29, 0.717) is 0 Å². The van der Waals surface area contributed by atoms with Crippen LogP contribution in [0.15, 0.2) is 12.7 Å². The van der Waals surface area contributed by atoms with Crippen LogP contribution in [0.5, 0.6) is 0 Å². The van der Waals surface area contributed by atoms with E-state index in [0.717, 1.165) is 6.61 Å². The summed E-state index contributed by atoms with van der Waals surface area (Å²) in [7, 11) is -0.744. The van der Waals surface area contributed by atoms with Crippen LogP contribution in [0.1, 0.15) is 12.8 Å². The van der Waals surface area contributed by atoms with Gasteiger partial charge in [0.2, 0.25) is 0 Å². The molecule has 0 spiro atoms. The van der Waals surface area contributed by atoms with Gasteiger partial charge in [-0.25, -0.2) is 0 Å². The van der Waals surface area contributed by atoms with Crippen molar-refractivity contribution in [1.82, 2.24) is 12.3 Å². The summed E-state index contributed by atoms with van der Waals surface area (Å²) < 4.78 is 5.59. The summed E-state index contributed by atoms with van der Waals surface area (Å²) in [5.41, 5.74) is 0. The highest BCUT2D eigenvalue weighted by Crippen LogP contribution is 2.13. The summed E-state index contributed by atoms with van der Waals surface area (Å²) >= 11 is 0. The predicted molar refractivity (Wildman–Crippen MR) is 52.2 cm³/mol. The molecule has 3 nitrogen and oxygen atoms in total. The highest BCUT2D eigenvalue weighted by atomic mass is 28.3. The molecule has 1 rings (SSSR count). The van der Waals surface area contributed by atoms with Crippen LogP contribution in [0.2, 0.25) is 12.1 Å². The van der Waals surface area contributed by atoms with Gasteiger partial charge in [-0.2, -0.15) is 0 Å². The largest absolute Gasteiger partial charge is 0.420 e. The van der Waals surface area contributed by atoms with Crippen LogP contribution in [0.4, 0.5) is 0 Å². The average Bonchev–Trinajstić information content (AvgIpc) is 1.91. The second-order valence-corrected chi connectivity index (χ2v) is 5.14. The zero-order valence-corrected chi connectivity index (χ0v) is 8.37. The van der Waals surface area contributed by atoms with E-state index < -0.39 is 9.04 Å². The Labute approximate surface area is 70.7 Å². The lowest BCUT2D eigenvalue weighted by molar-refractivity contribution is 0.288. The summed E-state index contributed by atoms with van der Waals surface area (Å²) in [4.78, 5) is 0. The van der Waals surface area contributed by atoms with E-state index in [-0.39, 0.29) is 12.3 Å². The first-order chi connectivity index (χ1) is 4.43. The lowest BCUT2D eigenvalue weighted by atomic mass is 10.4. The molecule has 0 saturated carbocycles. The SMILES string of the molecule is C=CC[SiH]1CCCCO1.N.N. The molecule has 0 aromatic rings. The van der Waals surface area contributed by atoms with Crippen LogP contribution < -0.4 is 12.3 Å². The number of hydrogen-bond acceptors (Lipinski definition) is 3. The second-order valence-electron chi connectivity index (χ2n) is 2.51. The van der Waals surface area contributed by atoms with Gasteiger partial charge in [-0.1, -0.05) is 12.5 Å². The third kappa shape index (κ3) is 5.14. The van der Waals surface area contributed by atoms with Crippen LogP contribution in [-0.2, 0) is 4.43 Å². The first kappa shape index (κ1) is 13.4. The molecule has 0 aromatic heterocycles. The first-order valence-corrected chi connectivity index (χ1v) is 5.76. The van der Waals surface area contributed by atoms with Gasteiger partial charge in [-0.15, -0.1) is 6.58 Å². The lowest BCUT2D eigenvalue weighted by Gasteiger charge is -2.19. The van der Waals surface area contributed by atoms with Crippen molar-refractivity contribution in [2.75, 3.05) is 6.61 Å². The summed E-state index contributed by atoms with van der Waals surface area (Å²) in [5.74, 6) is 0. The third-order valence-electron chi connectivity index (χ3n) is 1.70. The maximum atomic E-state index is 5.59. The topological polar surface area (TPSA) is 79.2 Å². The van der Waals surface area contributed by atoms with Gasteiger partial charge in [0, 0.05) is 6.61 Å². The van der Waals surface area contributed by atoms with Crippen molar-refractivity contribution in [1.29, 1.82) is 0 Å². The molecule has 0 amide bonds. The van der Waals surface area contributed by atoms with Crippen LogP contribution in [0.25, 0.3) is 0 Å². The van der Waals surface area contributed by atoms with Gasteiger partial charge in [0.15, 0.2) is 9.04 Å². The molecule has 11 heavy (non-hydrogen) atoms. The number of rotatable bonds is 2. The Morgan fingerprint density at radius 3 is 2.55 bits per heavy atom. The minimum Gasteiger partial charge on any atom is -0.420 e. The lowest BCUT2D eigenvalue weighted by Crippen LogP contribution is -2.21. The van der Waals surface area contributed by atoms with E-state index in [9.17, 15) is 0 Å². The second kappa shape index (κ2) is 7.94. The zero-order chi connectivity index (χ0) is 6.53. The van der Waals surface area contributed by atoms with E-state index in [1.807, 2.05) is 6.08 Å². The fourth-order valence-electron chi connectivity index (χ4n) is 1.18. The number of hydrogen-bond donors (Lipinski definition) is 2. The molecule has 1 saturated heterocycles. The van der Waals surface area contributed by atoms with E-state index in [4.69, 9.17) is 4.43 Å². The average molecular weight is 176 g/mol. The normalized spacial score (nSPS) is 22.7. The quantitative estimate of drug-likeness (QED) is 0.499. The summed E-state index contributed by atoms with van der Waals surface area (Å²) in [5, 5.41) is 0. The standard InChI is InChI=1S/C7H14OSi.2H3N/c1-2-6-9-7-4-3-5-8-9;;/h2,9H,1,3-7H2;2*1H3. The van der Waals surface area contributed by atoms with E-state index >= 15 is 0 Å². The molecule has 68 valence electrons. The molecule has 1 unspecified atom stereocenters. The summed E-state index contributed by atoms with van der Waals surface area (Å²) in [6.07, 6.45) is 4.67. The highest BCUT2D eigenvalue weighted by Gasteiger charge is 2.13. The highest BCUT2D eigenvalue weighted by molar-refractivity contribution is 6.52. The molecule has 1 aliphatic rings. The molecule has 1 fully saturated rings. The van der Waals surface area contributed by atoms with Crippen molar-refractivity contribution in [3.8, 4) is 0 Å².